The van der Waals surface area contributed by atoms with Crippen LogP contribution in [0.15, 0.2) is 28.7 Å². The molecule has 1 amide bonds. The van der Waals surface area contributed by atoms with Crippen LogP contribution in [-0.4, -0.2) is 35.7 Å². The Morgan fingerprint density at radius 1 is 1.38 bits per heavy atom. The molecule has 4 nitrogen and oxygen atoms in total. The smallest absolute Gasteiger partial charge is 0.410 e. The fourth-order valence-electron chi connectivity index (χ4n) is 2.33. The number of likely N-dealkylation sites (tertiary alicyclic amines) is 1. The molecule has 0 spiro atoms. The zero-order valence-electron chi connectivity index (χ0n) is 13.0. The highest BCUT2D eigenvalue weighted by atomic mass is 79.9. The Labute approximate surface area is 135 Å². The van der Waals surface area contributed by atoms with Gasteiger partial charge in [-0.05, 0) is 39.3 Å². The normalized spacial score (nSPS) is 17.3. The van der Waals surface area contributed by atoms with Crippen LogP contribution in [-0.2, 0) is 4.74 Å². The van der Waals surface area contributed by atoms with Gasteiger partial charge in [0.25, 0.3) is 0 Å². The van der Waals surface area contributed by atoms with Crippen molar-refractivity contribution in [2.45, 2.75) is 45.4 Å². The number of benzene rings is 1. The average Bonchev–Trinajstić information content (AvgIpc) is 2.31. The molecule has 1 fully saturated rings. The van der Waals surface area contributed by atoms with E-state index in [0.717, 1.165) is 4.47 Å². The molecule has 21 heavy (non-hydrogen) atoms. The molecule has 1 aromatic carbocycles. The molecular weight excluding hydrogens is 332 g/mol. The van der Waals surface area contributed by atoms with Gasteiger partial charge in [0.1, 0.15) is 5.60 Å². The van der Waals surface area contributed by atoms with Gasteiger partial charge in [-0.25, -0.2) is 4.79 Å². The zero-order chi connectivity index (χ0) is 15.6. The number of carbonyl (C=O) groups excluding carboxylic acids is 1. The lowest BCUT2D eigenvalue weighted by atomic mass is 10.0. The number of rotatable bonds is 3. The predicted molar refractivity (Wildman–Crippen MR) is 87.3 cm³/mol. The molecule has 5 heteroatoms. The summed E-state index contributed by atoms with van der Waals surface area (Å²) in [5, 5.41) is 3.54. The monoisotopic (exact) mass is 354 g/mol. The number of hydrogen-bond donors (Lipinski definition) is 1. The van der Waals surface area contributed by atoms with Gasteiger partial charge in [0.2, 0.25) is 0 Å². The number of nitrogens with zero attached hydrogens (tertiary/aromatic N) is 1. The molecular formula is C16H23BrN2O2. The van der Waals surface area contributed by atoms with Crippen molar-refractivity contribution < 1.29 is 9.53 Å². The summed E-state index contributed by atoms with van der Waals surface area (Å²) < 4.78 is 6.46. The molecule has 1 aromatic rings. The van der Waals surface area contributed by atoms with E-state index in [-0.39, 0.29) is 12.1 Å². The van der Waals surface area contributed by atoms with E-state index in [1.165, 1.54) is 5.56 Å². The summed E-state index contributed by atoms with van der Waals surface area (Å²) in [5.41, 5.74) is 0.797. The molecule has 0 aromatic heterocycles. The summed E-state index contributed by atoms with van der Waals surface area (Å²) >= 11 is 3.57. The van der Waals surface area contributed by atoms with Gasteiger partial charge in [-0.15, -0.1) is 0 Å². The van der Waals surface area contributed by atoms with Crippen LogP contribution in [0.25, 0.3) is 0 Å². The SMILES string of the molecule is C[C@@H](NC1CN(C(=O)OC(C)(C)C)C1)c1ccccc1Br. The van der Waals surface area contributed by atoms with Crippen molar-refractivity contribution in [2.75, 3.05) is 13.1 Å². The Kier molecular flexibility index (Phi) is 4.94. The number of carbonyl (C=O) groups is 1. The molecule has 0 unspecified atom stereocenters. The molecule has 1 aliphatic heterocycles. The first kappa shape index (κ1) is 16.3. The van der Waals surface area contributed by atoms with Crippen LogP contribution >= 0.6 is 15.9 Å². The summed E-state index contributed by atoms with van der Waals surface area (Å²) in [4.78, 5) is 13.6. The van der Waals surface area contributed by atoms with Gasteiger partial charge >= 0.3 is 6.09 Å². The van der Waals surface area contributed by atoms with Crippen molar-refractivity contribution in [3.05, 3.63) is 34.3 Å². The van der Waals surface area contributed by atoms with E-state index < -0.39 is 5.60 Å². The van der Waals surface area contributed by atoms with Crippen molar-refractivity contribution in [3.63, 3.8) is 0 Å². The van der Waals surface area contributed by atoms with Crippen molar-refractivity contribution in [2.24, 2.45) is 0 Å². The number of hydrogen-bond acceptors (Lipinski definition) is 3. The lowest BCUT2D eigenvalue weighted by molar-refractivity contribution is 0.00433. The van der Waals surface area contributed by atoms with Gasteiger partial charge in [0.05, 0.1) is 0 Å². The van der Waals surface area contributed by atoms with Crippen LogP contribution in [0.3, 0.4) is 0 Å². The van der Waals surface area contributed by atoms with Crippen molar-refractivity contribution in [1.29, 1.82) is 0 Å². The fourth-order valence-corrected chi connectivity index (χ4v) is 2.96. The van der Waals surface area contributed by atoms with Crippen molar-refractivity contribution in [1.82, 2.24) is 10.2 Å². The van der Waals surface area contributed by atoms with E-state index in [1.807, 2.05) is 39.0 Å². The third kappa shape index (κ3) is 4.45. The second-order valence-corrected chi connectivity index (χ2v) is 7.35. The van der Waals surface area contributed by atoms with E-state index in [2.05, 4.69) is 34.2 Å². The summed E-state index contributed by atoms with van der Waals surface area (Å²) in [5.74, 6) is 0. The molecule has 0 radical (unpaired) electrons. The molecule has 1 atom stereocenters. The maximum absolute atomic E-state index is 11.9. The highest BCUT2D eigenvalue weighted by Crippen LogP contribution is 2.24. The first-order valence-electron chi connectivity index (χ1n) is 7.24. The summed E-state index contributed by atoms with van der Waals surface area (Å²) in [6.45, 7) is 9.18. The lowest BCUT2D eigenvalue weighted by Crippen LogP contribution is -2.60. The molecule has 116 valence electrons. The highest BCUT2D eigenvalue weighted by Gasteiger charge is 2.34. The van der Waals surface area contributed by atoms with Crippen LogP contribution < -0.4 is 5.32 Å². The van der Waals surface area contributed by atoms with Crippen LogP contribution in [0.4, 0.5) is 4.79 Å². The number of amides is 1. The third-order valence-corrected chi connectivity index (χ3v) is 4.11. The Morgan fingerprint density at radius 3 is 2.57 bits per heavy atom. The Morgan fingerprint density at radius 2 is 2.00 bits per heavy atom. The van der Waals surface area contributed by atoms with Gasteiger partial charge in [0.15, 0.2) is 0 Å². The maximum Gasteiger partial charge on any atom is 0.410 e. The average molecular weight is 355 g/mol. The Bertz CT molecular complexity index is 507. The quantitative estimate of drug-likeness (QED) is 0.899. The van der Waals surface area contributed by atoms with E-state index >= 15 is 0 Å². The van der Waals surface area contributed by atoms with Gasteiger partial charge in [-0.1, -0.05) is 34.1 Å². The molecule has 0 saturated carbocycles. The van der Waals surface area contributed by atoms with Crippen LogP contribution in [0.5, 0.6) is 0 Å². The largest absolute Gasteiger partial charge is 0.444 e. The van der Waals surface area contributed by atoms with Crippen LogP contribution in [0.2, 0.25) is 0 Å². The summed E-state index contributed by atoms with van der Waals surface area (Å²) in [6, 6.07) is 8.75. The van der Waals surface area contributed by atoms with E-state index in [1.54, 1.807) is 4.90 Å². The first-order valence-corrected chi connectivity index (χ1v) is 8.04. The van der Waals surface area contributed by atoms with Gasteiger partial charge < -0.3 is 15.0 Å². The zero-order valence-corrected chi connectivity index (χ0v) is 14.6. The van der Waals surface area contributed by atoms with Gasteiger partial charge in [-0.2, -0.15) is 0 Å². The Hall–Kier alpha value is -1.07. The molecule has 1 saturated heterocycles. The minimum atomic E-state index is -0.433. The molecule has 1 heterocycles. The highest BCUT2D eigenvalue weighted by molar-refractivity contribution is 9.10. The second-order valence-electron chi connectivity index (χ2n) is 6.49. The van der Waals surface area contributed by atoms with Crippen LogP contribution in [0.1, 0.15) is 39.3 Å². The van der Waals surface area contributed by atoms with Gasteiger partial charge in [0, 0.05) is 29.6 Å². The topological polar surface area (TPSA) is 41.6 Å². The standard InChI is InChI=1S/C16H23BrN2O2/c1-11(13-7-5-6-8-14(13)17)18-12-9-19(10-12)15(20)21-16(2,3)4/h5-8,11-12,18H,9-10H2,1-4H3/t11-/m1/s1. The predicted octanol–water partition coefficient (Wildman–Crippen LogP) is 3.72. The van der Waals surface area contributed by atoms with Crippen molar-refractivity contribution in [3.8, 4) is 0 Å². The number of halogens is 1. The van der Waals surface area contributed by atoms with Gasteiger partial charge in [-0.3, -0.25) is 0 Å². The number of nitrogens with one attached hydrogen (secondary N) is 1. The van der Waals surface area contributed by atoms with E-state index in [4.69, 9.17) is 4.74 Å². The molecule has 0 bridgehead atoms. The third-order valence-electron chi connectivity index (χ3n) is 3.39. The minimum absolute atomic E-state index is 0.228. The van der Waals surface area contributed by atoms with Crippen molar-refractivity contribution >= 4 is 22.0 Å². The maximum atomic E-state index is 11.9. The molecule has 0 aliphatic carbocycles. The van der Waals surface area contributed by atoms with E-state index in [9.17, 15) is 4.79 Å². The van der Waals surface area contributed by atoms with Crippen LogP contribution in [0, 0.1) is 0 Å². The number of ether oxygens (including phenoxy) is 1. The lowest BCUT2D eigenvalue weighted by Gasteiger charge is -2.41. The molecule has 2 rings (SSSR count). The Balaban J connectivity index is 1.81. The summed E-state index contributed by atoms with van der Waals surface area (Å²) in [7, 11) is 0. The summed E-state index contributed by atoms with van der Waals surface area (Å²) in [6.07, 6.45) is -0.228. The fraction of sp³-hybridized carbons (Fsp3) is 0.562. The molecule has 1 aliphatic rings. The second kappa shape index (κ2) is 6.36. The minimum Gasteiger partial charge on any atom is -0.444 e. The first-order chi connectivity index (χ1) is 9.76. The van der Waals surface area contributed by atoms with E-state index in [0.29, 0.717) is 19.1 Å². The molecule has 1 N–H and O–H groups in total.